The third-order valence-corrected chi connectivity index (χ3v) is 8.16. The number of rotatable bonds is 9. The molecule has 10 N–H and O–H groups in total. The van der Waals surface area contributed by atoms with Crippen LogP contribution in [0.5, 0.6) is 17.2 Å². The number of benzene rings is 2. The highest BCUT2D eigenvalue weighted by molar-refractivity contribution is 6.09. The van der Waals surface area contributed by atoms with Crippen LogP contribution in [0.1, 0.15) is 11.1 Å². The molecule has 3 heterocycles. The number of aliphatic carboxylic acids is 1. The molecule has 0 saturated carbocycles. The van der Waals surface area contributed by atoms with E-state index in [2.05, 4.69) is 0 Å². The van der Waals surface area contributed by atoms with Crippen LogP contribution < -0.4 is 14.4 Å². The fourth-order valence-corrected chi connectivity index (χ4v) is 5.51. The summed E-state index contributed by atoms with van der Waals surface area (Å²) in [6, 6.07) is 6.99. The normalized spacial score (nSPS) is 33.9. The lowest BCUT2D eigenvalue weighted by Crippen LogP contribution is -2.60. The van der Waals surface area contributed by atoms with Crippen LogP contribution in [0.4, 0.5) is 5.69 Å². The predicted octanol–water partition coefficient (Wildman–Crippen LogP) is -3.19. The lowest BCUT2D eigenvalue weighted by Gasteiger charge is -2.39. The van der Waals surface area contributed by atoms with Gasteiger partial charge in [-0.15, -0.1) is 0 Å². The van der Waals surface area contributed by atoms with E-state index < -0.39 is 98.3 Å². The third-order valence-electron chi connectivity index (χ3n) is 8.16. The number of phenolic OH excluding ortho intramolecular Hbond substituents is 1. The zero-order valence-corrected chi connectivity index (χ0v) is 24.5. The number of carbonyl (C=O) groups excluding carboxylic acids is 1. The lowest BCUT2D eigenvalue weighted by molar-refractivity contribution is -0.277. The molecule has 17 nitrogen and oxygen atoms in total. The number of carbonyl (C=O) groups is 2. The van der Waals surface area contributed by atoms with Crippen molar-refractivity contribution in [1.82, 2.24) is 0 Å². The van der Waals surface area contributed by atoms with Crippen molar-refractivity contribution < 1.29 is 79.6 Å². The summed E-state index contributed by atoms with van der Waals surface area (Å²) in [5.41, 5.74) is 0.850. The number of hydrogen-bond acceptors (Lipinski definition) is 15. The number of aliphatic hydroxyl groups is 8. The first kappa shape index (κ1) is 34.5. The Labute approximate surface area is 266 Å². The SMILES string of the molecule is O=C(O)[C@@H]1Cc2cc(O)c(O[C@@H]3O[C@H](CO)[C@@H](O)[C@H](O)[C@H]3O)cc2N1C(=O)C=Cc1ccc(O[C@@H]2O[C@H](CO)[C@@H](O)[C@H](O)[C@H]2O)cc1. The maximum absolute atomic E-state index is 13.4. The monoisotopic (exact) mass is 665 g/mol. The van der Waals surface area contributed by atoms with Gasteiger partial charge in [-0.2, -0.15) is 0 Å². The number of amides is 1. The van der Waals surface area contributed by atoms with Crippen LogP contribution in [-0.4, -0.2) is 144 Å². The van der Waals surface area contributed by atoms with Gasteiger partial charge in [-0.05, 0) is 35.4 Å². The minimum absolute atomic E-state index is 0.0766. The third kappa shape index (κ3) is 6.90. The lowest BCUT2D eigenvalue weighted by atomic mass is 9.99. The van der Waals surface area contributed by atoms with E-state index in [0.717, 1.165) is 11.0 Å². The number of aliphatic hydroxyl groups excluding tert-OH is 8. The number of aromatic hydroxyl groups is 1. The van der Waals surface area contributed by atoms with Gasteiger partial charge in [0, 0.05) is 18.6 Å². The molecule has 0 bridgehead atoms. The average Bonchev–Trinajstić information content (AvgIpc) is 3.43. The summed E-state index contributed by atoms with van der Waals surface area (Å²) in [6.45, 7) is -1.34. The molecule has 0 spiro atoms. The first-order chi connectivity index (χ1) is 22.3. The minimum atomic E-state index is -1.79. The van der Waals surface area contributed by atoms with Crippen LogP contribution in [-0.2, 0) is 25.5 Å². The molecule has 2 aromatic rings. The zero-order valence-electron chi connectivity index (χ0n) is 24.5. The Bertz CT molecular complexity index is 1460. The van der Waals surface area contributed by atoms with Crippen molar-refractivity contribution in [2.45, 2.75) is 73.9 Å². The van der Waals surface area contributed by atoms with Gasteiger partial charge in [0.05, 0.1) is 18.9 Å². The van der Waals surface area contributed by atoms with E-state index in [0.29, 0.717) is 11.1 Å². The van der Waals surface area contributed by atoms with E-state index in [1.807, 2.05) is 0 Å². The topological polar surface area (TPSA) is 277 Å². The van der Waals surface area contributed by atoms with Gasteiger partial charge < -0.3 is 70.0 Å². The van der Waals surface area contributed by atoms with Gasteiger partial charge in [0.1, 0.15) is 60.6 Å². The van der Waals surface area contributed by atoms with Gasteiger partial charge in [0.2, 0.25) is 12.6 Å². The molecule has 0 unspecified atom stereocenters. The van der Waals surface area contributed by atoms with Crippen LogP contribution in [0.2, 0.25) is 0 Å². The molecule has 3 aliphatic heterocycles. The van der Waals surface area contributed by atoms with Gasteiger partial charge in [-0.1, -0.05) is 12.1 Å². The summed E-state index contributed by atoms with van der Waals surface area (Å²) in [5, 5.41) is 99.6. The Balaban J connectivity index is 1.31. The maximum Gasteiger partial charge on any atom is 0.327 e. The van der Waals surface area contributed by atoms with Crippen molar-refractivity contribution in [3.8, 4) is 17.2 Å². The largest absolute Gasteiger partial charge is 0.504 e. The predicted molar refractivity (Wildman–Crippen MR) is 155 cm³/mol. The highest BCUT2D eigenvalue weighted by Gasteiger charge is 2.46. The van der Waals surface area contributed by atoms with Gasteiger partial charge >= 0.3 is 5.97 Å². The van der Waals surface area contributed by atoms with Gasteiger partial charge in [0.15, 0.2) is 11.5 Å². The molecular formula is C30H35NO16. The van der Waals surface area contributed by atoms with Gasteiger partial charge in [0.25, 0.3) is 5.91 Å². The molecule has 0 aromatic heterocycles. The van der Waals surface area contributed by atoms with Gasteiger partial charge in [-0.3, -0.25) is 9.69 Å². The van der Waals surface area contributed by atoms with E-state index in [9.17, 15) is 60.7 Å². The fraction of sp³-hybridized carbons (Fsp3) is 0.467. The Hall–Kier alpha value is -3.88. The van der Waals surface area contributed by atoms with E-state index >= 15 is 0 Å². The molecular weight excluding hydrogens is 630 g/mol. The van der Waals surface area contributed by atoms with Crippen molar-refractivity contribution >= 4 is 23.6 Å². The van der Waals surface area contributed by atoms with Crippen molar-refractivity contribution in [2.24, 2.45) is 0 Å². The van der Waals surface area contributed by atoms with E-state index in [1.54, 1.807) is 0 Å². The minimum Gasteiger partial charge on any atom is -0.504 e. The van der Waals surface area contributed by atoms with Crippen LogP contribution >= 0.6 is 0 Å². The quantitative estimate of drug-likeness (QED) is 0.118. The molecule has 2 aromatic carbocycles. The molecule has 256 valence electrons. The molecule has 2 fully saturated rings. The number of anilines is 1. The number of fused-ring (bicyclic) bond motifs is 1. The smallest absolute Gasteiger partial charge is 0.327 e. The van der Waals surface area contributed by atoms with Crippen molar-refractivity contribution in [3.05, 3.63) is 53.6 Å². The Morgan fingerprint density at radius 2 is 1.36 bits per heavy atom. The average molecular weight is 666 g/mol. The van der Waals surface area contributed by atoms with Crippen LogP contribution in [0.3, 0.4) is 0 Å². The highest BCUT2D eigenvalue weighted by atomic mass is 16.7. The van der Waals surface area contributed by atoms with Crippen molar-refractivity contribution in [1.29, 1.82) is 0 Å². The Morgan fingerprint density at radius 1 is 0.809 bits per heavy atom. The van der Waals surface area contributed by atoms with Crippen LogP contribution in [0, 0.1) is 0 Å². The molecule has 1 amide bonds. The number of ether oxygens (including phenoxy) is 4. The second-order valence-corrected chi connectivity index (χ2v) is 11.2. The first-order valence-corrected chi connectivity index (χ1v) is 14.5. The highest BCUT2D eigenvalue weighted by Crippen LogP contribution is 2.42. The van der Waals surface area contributed by atoms with Crippen molar-refractivity contribution in [2.75, 3.05) is 18.1 Å². The molecule has 2 saturated heterocycles. The number of phenols is 1. The number of carboxylic acids is 1. The van der Waals surface area contributed by atoms with E-state index in [1.165, 1.54) is 42.5 Å². The molecule has 5 rings (SSSR count). The number of nitrogens with zero attached hydrogens (tertiary/aromatic N) is 1. The molecule has 3 aliphatic rings. The second-order valence-electron chi connectivity index (χ2n) is 11.2. The fourth-order valence-electron chi connectivity index (χ4n) is 5.51. The summed E-state index contributed by atoms with van der Waals surface area (Å²) in [7, 11) is 0. The Kier molecular flexibility index (Phi) is 10.3. The van der Waals surface area contributed by atoms with Crippen LogP contribution in [0.25, 0.3) is 6.08 Å². The molecule has 11 atom stereocenters. The maximum atomic E-state index is 13.4. The summed E-state index contributed by atoms with van der Waals surface area (Å²) < 4.78 is 21.7. The Morgan fingerprint density at radius 3 is 1.89 bits per heavy atom. The summed E-state index contributed by atoms with van der Waals surface area (Å²) in [6.07, 6.45) is -13.1. The van der Waals surface area contributed by atoms with E-state index in [4.69, 9.17) is 18.9 Å². The number of carboxylic acid groups (broad SMARTS) is 1. The van der Waals surface area contributed by atoms with Crippen LogP contribution in [0.15, 0.2) is 42.5 Å². The molecule has 17 heteroatoms. The van der Waals surface area contributed by atoms with E-state index in [-0.39, 0.29) is 23.6 Å². The molecule has 0 aliphatic carbocycles. The number of hydrogen-bond donors (Lipinski definition) is 10. The summed E-state index contributed by atoms with van der Waals surface area (Å²) in [5.74, 6) is -2.71. The first-order valence-electron chi connectivity index (χ1n) is 14.5. The second kappa shape index (κ2) is 14.1. The summed E-state index contributed by atoms with van der Waals surface area (Å²) in [4.78, 5) is 26.4. The van der Waals surface area contributed by atoms with Crippen molar-refractivity contribution in [3.63, 3.8) is 0 Å². The van der Waals surface area contributed by atoms with Gasteiger partial charge in [-0.25, -0.2) is 4.79 Å². The zero-order chi connectivity index (χ0) is 34.2. The summed E-state index contributed by atoms with van der Waals surface area (Å²) >= 11 is 0. The standard InChI is InChI=1S/C30H35NO16/c32-10-19-22(36)24(38)26(40)29(46-19)44-14-4-1-12(2-5-14)3-6-21(35)31-15-9-18(17(34)8-13(15)7-16(31)28(42)43)45-30-27(41)25(39)23(37)20(11-33)47-30/h1-6,8-9,16,19-20,22-27,29-30,32-34,36-41H,7,10-11H2,(H,42,43)/t16-,19+,20+,22+,23+,24-,25-,26+,27+,29+,30+/m0/s1. The molecule has 0 radical (unpaired) electrons. The molecule has 47 heavy (non-hydrogen) atoms.